The molecule has 0 spiro atoms. The number of nitrogens with zero attached hydrogens (tertiary/aromatic N) is 5. The monoisotopic (exact) mass is 783 g/mol. The number of piperidine rings is 1. The van der Waals surface area contributed by atoms with Crippen LogP contribution in [0, 0.1) is 29.6 Å². The number of aliphatic hydroxyl groups excluding tert-OH is 2. The van der Waals surface area contributed by atoms with Crippen molar-refractivity contribution in [1.82, 2.24) is 24.5 Å². The van der Waals surface area contributed by atoms with Gasteiger partial charge in [-0.25, -0.2) is 0 Å². The third kappa shape index (κ3) is 19.3. The van der Waals surface area contributed by atoms with E-state index in [-0.39, 0.29) is 71.5 Å². The Labute approximate surface area is 332 Å². The molecule has 0 bridgehead atoms. The fourth-order valence-electron chi connectivity index (χ4n) is 6.56. The molecular formula is C41H78N6O8. The van der Waals surface area contributed by atoms with E-state index in [9.17, 15) is 29.1 Å². The van der Waals surface area contributed by atoms with Crippen LogP contribution in [0.2, 0.25) is 0 Å². The first-order chi connectivity index (χ1) is 25.8. The second kappa shape index (κ2) is 26.2. The lowest BCUT2D eigenvalue weighted by Gasteiger charge is -2.30. The summed E-state index contributed by atoms with van der Waals surface area (Å²) in [5, 5.41) is 18.3. The van der Waals surface area contributed by atoms with Gasteiger partial charge in [-0.1, -0.05) is 69.2 Å². The van der Waals surface area contributed by atoms with Gasteiger partial charge in [0.1, 0.15) is 0 Å². The maximum Gasteiger partial charge on any atom is 0.225 e. The number of rotatable bonds is 5. The molecule has 0 saturated carbocycles. The van der Waals surface area contributed by atoms with Crippen molar-refractivity contribution in [2.75, 3.05) is 78.7 Å². The molecule has 14 nitrogen and oxygen atoms in total. The highest BCUT2D eigenvalue weighted by Crippen LogP contribution is 2.14. The smallest absolute Gasteiger partial charge is 0.225 e. The Morgan fingerprint density at radius 3 is 1.11 bits per heavy atom. The SMILES string of the molecule is CC(C)C(=O)N1CCC(N)C1.CC(C)C(=O)N1CCC(O)C1.CC(C)C(=O)N1CCC(O)CC1.CC(C)C(=O)N1CCCC1.CC(C)C(=O)N1CCOCC1. The second-order valence-electron chi connectivity index (χ2n) is 16.9. The van der Waals surface area contributed by atoms with Crippen molar-refractivity contribution in [3.05, 3.63) is 0 Å². The molecular weight excluding hydrogens is 704 g/mol. The molecule has 5 fully saturated rings. The molecule has 0 radical (unpaired) electrons. The van der Waals surface area contributed by atoms with Crippen LogP contribution in [-0.2, 0) is 28.7 Å². The molecule has 0 aromatic carbocycles. The number of morpholine rings is 1. The van der Waals surface area contributed by atoms with E-state index in [1.54, 1.807) is 4.90 Å². The number of carbonyl (C=O) groups excluding carboxylic acids is 5. The van der Waals surface area contributed by atoms with Gasteiger partial charge in [0, 0.05) is 101 Å². The molecule has 14 heteroatoms. The fraction of sp³-hybridized carbons (Fsp3) is 0.878. The van der Waals surface area contributed by atoms with Crippen LogP contribution in [0.1, 0.15) is 108 Å². The van der Waals surface area contributed by atoms with Crippen molar-refractivity contribution in [3.63, 3.8) is 0 Å². The highest BCUT2D eigenvalue weighted by atomic mass is 16.5. The Morgan fingerprint density at radius 1 is 0.455 bits per heavy atom. The normalized spacial score (nSPS) is 21.5. The van der Waals surface area contributed by atoms with E-state index in [1.165, 1.54) is 12.8 Å². The highest BCUT2D eigenvalue weighted by Gasteiger charge is 2.27. The number of carbonyl (C=O) groups is 5. The van der Waals surface area contributed by atoms with E-state index in [0.29, 0.717) is 25.7 Å². The first-order valence-corrected chi connectivity index (χ1v) is 20.9. The second-order valence-corrected chi connectivity index (χ2v) is 16.9. The minimum atomic E-state index is -0.294. The summed E-state index contributed by atoms with van der Waals surface area (Å²) in [5.41, 5.74) is 5.67. The van der Waals surface area contributed by atoms with Gasteiger partial charge in [-0.3, -0.25) is 24.0 Å². The Hall–Kier alpha value is -2.81. The molecule has 0 aromatic heterocycles. The predicted octanol–water partition coefficient (Wildman–Crippen LogP) is 2.83. The number of hydrogen-bond acceptors (Lipinski definition) is 9. The first kappa shape index (κ1) is 50.2. The van der Waals surface area contributed by atoms with Gasteiger partial charge in [-0.2, -0.15) is 0 Å². The van der Waals surface area contributed by atoms with Crippen molar-refractivity contribution in [3.8, 4) is 0 Å². The van der Waals surface area contributed by atoms with Crippen molar-refractivity contribution in [2.45, 2.75) is 126 Å². The van der Waals surface area contributed by atoms with Crippen LogP contribution >= 0.6 is 0 Å². The molecule has 55 heavy (non-hydrogen) atoms. The molecule has 4 N–H and O–H groups in total. The molecule has 5 aliphatic heterocycles. The van der Waals surface area contributed by atoms with Crippen LogP contribution in [0.3, 0.4) is 0 Å². The van der Waals surface area contributed by atoms with Crippen molar-refractivity contribution in [1.29, 1.82) is 0 Å². The standard InChI is InChI=1S/C9H17NO2.C8H16N2O.2C8H15NO2.C8H15NO/c1-7(2)9(12)10-5-3-8(11)4-6-10;1-6(2)8(11)10-4-3-7(9)5-10;1-7(2)8(10)9-3-5-11-6-4-9;1-6(2)8(11)9-4-3-7(10)5-9;1-7(2)8(10)9-5-3-4-6-9/h7-8,11H,3-6H2,1-2H3;6-7H,3-5,9H2,1-2H3;7H,3-6H2,1-2H3;6-7,10H,3-5H2,1-2H3;7H,3-6H2,1-2H3. The van der Waals surface area contributed by atoms with Crippen molar-refractivity contribution >= 4 is 29.5 Å². The van der Waals surface area contributed by atoms with Gasteiger partial charge < -0.3 is 45.2 Å². The largest absolute Gasteiger partial charge is 0.393 e. The van der Waals surface area contributed by atoms with E-state index >= 15 is 0 Å². The Morgan fingerprint density at radius 2 is 0.764 bits per heavy atom. The molecule has 320 valence electrons. The quantitative estimate of drug-likeness (QED) is 0.379. The third-order valence-corrected chi connectivity index (χ3v) is 10.00. The Bertz CT molecular complexity index is 1080. The summed E-state index contributed by atoms with van der Waals surface area (Å²) >= 11 is 0. The number of ether oxygens (including phenoxy) is 1. The number of hydrogen-bond donors (Lipinski definition) is 3. The van der Waals surface area contributed by atoms with E-state index in [4.69, 9.17) is 15.6 Å². The third-order valence-electron chi connectivity index (χ3n) is 10.00. The van der Waals surface area contributed by atoms with Crippen LogP contribution in [-0.4, -0.2) is 161 Å². The molecule has 5 aliphatic rings. The number of aliphatic hydroxyl groups is 2. The summed E-state index contributed by atoms with van der Waals surface area (Å²) < 4.78 is 5.14. The molecule has 5 heterocycles. The molecule has 0 aromatic rings. The molecule has 2 atom stereocenters. The van der Waals surface area contributed by atoms with Crippen LogP contribution in [0.5, 0.6) is 0 Å². The summed E-state index contributed by atoms with van der Waals surface area (Å²) in [7, 11) is 0. The van der Waals surface area contributed by atoms with Gasteiger partial charge in [-0.15, -0.1) is 0 Å². The lowest BCUT2D eigenvalue weighted by molar-refractivity contribution is -0.138. The molecule has 2 unspecified atom stereocenters. The van der Waals surface area contributed by atoms with Crippen molar-refractivity contribution < 1.29 is 38.9 Å². The average Bonchev–Trinajstić information content (AvgIpc) is 3.95. The summed E-state index contributed by atoms with van der Waals surface area (Å²) in [4.78, 5) is 66.0. The molecule has 5 amide bonds. The summed E-state index contributed by atoms with van der Waals surface area (Å²) in [6.07, 6.45) is 5.06. The van der Waals surface area contributed by atoms with Gasteiger partial charge in [0.15, 0.2) is 0 Å². The predicted molar refractivity (Wildman–Crippen MR) is 216 cm³/mol. The highest BCUT2D eigenvalue weighted by molar-refractivity contribution is 5.80. The van der Waals surface area contributed by atoms with Gasteiger partial charge >= 0.3 is 0 Å². The number of amides is 5. The maximum absolute atomic E-state index is 11.4. The topological polar surface area (TPSA) is 177 Å². The minimum absolute atomic E-state index is 0.0558. The van der Waals surface area contributed by atoms with E-state index in [2.05, 4.69) is 0 Å². The number of β-amino-alcohol motifs (C(OH)–C–C–N with tert-alkyl or cyclic N) is 1. The summed E-state index contributed by atoms with van der Waals surface area (Å²) in [6.45, 7) is 28.4. The van der Waals surface area contributed by atoms with E-state index < -0.39 is 0 Å². The maximum atomic E-state index is 11.4. The Kier molecular flexibility index (Phi) is 23.9. The van der Waals surface area contributed by atoms with Crippen LogP contribution in [0.25, 0.3) is 0 Å². The Balaban J connectivity index is 0.000000344. The molecule has 0 aliphatic carbocycles. The van der Waals surface area contributed by atoms with Crippen molar-refractivity contribution in [2.24, 2.45) is 35.3 Å². The van der Waals surface area contributed by atoms with Gasteiger partial charge in [0.2, 0.25) is 29.5 Å². The summed E-state index contributed by atoms with van der Waals surface area (Å²) in [6, 6.07) is 0.206. The summed E-state index contributed by atoms with van der Waals surface area (Å²) in [5.74, 6) is 1.71. The van der Waals surface area contributed by atoms with Gasteiger partial charge in [0.25, 0.3) is 0 Å². The van der Waals surface area contributed by atoms with Crippen LogP contribution in [0.4, 0.5) is 0 Å². The van der Waals surface area contributed by atoms with Crippen LogP contribution < -0.4 is 5.73 Å². The fourth-order valence-corrected chi connectivity index (χ4v) is 6.56. The lowest BCUT2D eigenvalue weighted by atomic mass is 10.1. The average molecular weight is 783 g/mol. The zero-order chi connectivity index (χ0) is 41.8. The van der Waals surface area contributed by atoms with E-state index in [0.717, 1.165) is 84.6 Å². The molecule has 5 saturated heterocycles. The number of likely N-dealkylation sites (tertiary alicyclic amines) is 4. The zero-order valence-electron chi connectivity index (χ0n) is 36.0. The lowest BCUT2D eigenvalue weighted by Crippen LogP contribution is -2.42. The van der Waals surface area contributed by atoms with Gasteiger partial charge in [-0.05, 0) is 38.5 Å². The van der Waals surface area contributed by atoms with Crippen LogP contribution in [0.15, 0.2) is 0 Å². The van der Waals surface area contributed by atoms with Gasteiger partial charge in [0.05, 0.1) is 25.4 Å². The zero-order valence-corrected chi connectivity index (χ0v) is 36.0. The minimum Gasteiger partial charge on any atom is -0.393 e. The number of nitrogens with two attached hydrogens (primary N) is 1. The molecule has 5 rings (SSSR count). The first-order valence-electron chi connectivity index (χ1n) is 20.9. The van der Waals surface area contributed by atoms with E-state index in [1.807, 2.05) is 88.8 Å².